The van der Waals surface area contributed by atoms with Crippen LogP contribution in [0.15, 0.2) is 47.6 Å². The molecular weight excluding hydrogens is 959 g/mol. The minimum absolute atomic E-state index is 0.0102. The van der Waals surface area contributed by atoms with Crippen LogP contribution in [0.2, 0.25) is 0 Å². The van der Waals surface area contributed by atoms with Crippen molar-refractivity contribution in [1.29, 1.82) is 0 Å². The zero-order valence-corrected chi connectivity index (χ0v) is 47.8. The summed E-state index contributed by atoms with van der Waals surface area (Å²) in [5, 5.41) is 19.7. The molecule has 0 spiro atoms. The Balaban J connectivity index is 1.72. The summed E-state index contributed by atoms with van der Waals surface area (Å²) in [6, 6.07) is -0.840. The highest BCUT2D eigenvalue weighted by Gasteiger charge is 2.45. The van der Waals surface area contributed by atoms with Crippen LogP contribution in [0.25, 0.3) is 0 Å². The van der Waals surface area contributed by atoms with Crippen molar-refractivity contribution >= 4 is 35.0 Å². The summed E-state index contributed by atoms with van der Waals surface area (Å²) in [5.41, 5.74) is 0.206. The summed E-state index contributed by atoms with van der Waals surface area (Å²) in [7, 11) is 4.71. The summed E-state index contributed by atoms with van der Waals surface area (Å²) in [4.78, 5) is 87.0. The van der Waals surface area contributed by atoms with Gasteiger partial charge in [-0.2, -0.15) is 0 Å². The molecule has 1 aliphatic carbocycles. The van der Waals surface area contributed by atoms with E-state index in [0.717, 1.165) is 5.57 Å². The molecule has 0 aromatic carbocycles. The van der Waals surface area contributed by atoms with Gasteiger partial charge in [0.25, 0.3) is 5.91 Å². The predicted molar refractivity (Wildman–Crippen MR) is 287 cm³/mol. The molecule has 3 aliphatic heterocycles. The number of ketones is 4. The van der Waals surface area contributed by atoms with Crippen LogP contribution < -0.4 is 0 Å². The van der Waals surface area contributed by atoms with Gasteiger partial charge in [-0.3, -0.25) is 28.8 Å². The van der Waals surface area contributed by atoms with Crippen molar-refractivity contribution in [3.05, 3.63) is 47.6 Å². The van der Waals surface area contributed by atoms with Crippen molar-refractivity contribution in [3.8, 4) is 0 Å². The zero-order chi connectivity index (χ0) is 55.7. The van der Waals surface area contributed by atoms with Crippen molar-refractivity contribution in [2.75, 3.05) is 41.1 Å². The Kier molecular flexibility index (Phi) is 25.9. The van der Waals surface area contributed by atoms with Crippen LogP contribution in [0.3, 0.4) is 0 Å². The number of allylic oxidation sites excluding steroid dienone is 6. The number of fused-ring (bicyclic) bond motifs is 3. The molecule has 1 amide bonds. The number of nitrogens with zero attached hydrogens (tertiary/aromatic N) is 1. The quantitative estimate of drug-likeness (QED) is 0.107. The van der Waals surface area contributed by atoms with Gasteiger partial charge in [0.2, 0.25) is 5.78 Å². The van der Waals surface area contributed by atoms with Crippen LogP contribution in [0.5, 0.6) is 0 Å². The summed E-state index contributed by atoms with van der Waals surface area (Å²) >= 11 is 0. The van der Waals surface area contributed by atoms with E-state index < -0.39 is 84.7 Å². The molecule has 2 bridgehead atoms. The molecule has 4 rings (SSSR count). The number of esters is 1. The van der Waals surface area contributed by atoms with Gasteiger partial charge in [-0.1, -0.05) is 71.1 Å². The highest BCUT2D eigenvalue weighted by molar-refractivity contribution is 6.38. The Morgan fingerprint density at radius 2 is 1.48 bits per heavy atom. The Hall–Kier alpha value is -3.70. The average Bonchev–Trinajstić information content (AvgIpc) is 3.39. The Labute approximate surface area is 448 Å². The number of aliphatic hydroxyl groups is 2. The lowest BCUT2D eigenvalue weighted by atomic mass is 9.73. The van der Waals surface area contributed by atoms with Gasteiger partial charge < -0.3 is 43.5 Å². The van der Waals surface area contributed by atoms with Gasteiger partial charge in [-0.25, -0.2) is 0 Å². The summed E-state index contributed by atoms with van der Waals surface area (Å²) in [6.07, 6.45) is 13.8. The molecule has 1 saturated carbocycles. The molecule has 15 nitrogen and oxygen atoms in total. The third-order valence-corrected chi connectivity index (χ3v) is 16.6. The largest absolute Gasteiger partial charge is 0.459 e. The van der Waals surface area contributed by atoms with Gasteiger partial charge in [0, 0.05) is 59.0 Å². The standard InChI is InChI=1S/C60H95NO14/c1-36(2)73-56-43(9)28-41(7)48(64)31-45(40(6)29-44-23-25-50(52(30-44)71-12)75-59(69)60(10,34-62)35-63)32-49(65)47-21-17-18-26-61(47)58(68)54(67)55-39(5)22-24-46(74-55)33-51(70-11)38(4)20-16-14-15-19-37(3)27-42(8)53(66)57(56)72-13/h14-16,19-20,28,36-37,39-42,44-47,50-52,55-57,62-63H,17-18,21-27,29-35H2,1-13H3/b16-14+,19-15+,38-20+,43-28+/t37-,39-,40-,41-,42-,44+,45-,46+,47+,50-,51+,52-,55-,56-,57+/m1/s1. The maximum atomic E-state index is 14.9. The first-order valence-corrected chi connectivity index (χ1v) is 28.0. The van der Waals surface area contributed by atoms with E-state index in [4.69, 9.17) is 28.4 Å². The van der Waals surface area contributed by atoms with Crippen LogP contribution in [0.1, 0.15) is 153 Å². The number of hydrogen-bond acceptors (Lipinski definition) is 14. The van der Waals surface area contributed by atoms with E-state index >= 15 is 0 Å². The monoisotopic (exact) mass is 1050 g/mol. The van der Waals surface area contributed by atoms with E-state index in [1.54, 1.807) is 14.2 Å². The number of amides is 1. The first kappa shape index (κ1) is 63.8. The van der Waals surface area contributed by atoms with Crippen LogP contribution in [0, 0.1) is 46.8 Å². The number of hydrogen-bond donors (Lipinski definition) is 2. The second-order valence-electron chi connectivity index (χ2n) is 23.3. The number of carbonyl (C=O) groups is 6. The minimum atomic E-state index is -1.45. The van der Waals surface area contributed by atoms with Crippen LogP contribution in [-0.4, -0.2) is 146 Å². The molecule has 3 heterocycles. The molecule has 4 aliphatic rings. The first-order valence-electron chi connectivity index (χ1n) is 28.0. The highest BCUT2D eigenvalue weighted by Crippen LogP contribution is 2.39. The lowest BCUT2D eigenvalue weighted by Crippen LogP contribution is -2.54. The number of rotatable bonds is 12. The fraction of sp³-hybridized carbons (Fsp3) is 0.767. The van der Waals surface area contributed by atoms with Crippen LogP contribution in [-0.2, 0) is 57.2 Å². The average molecular weight is 1050 g/mol. The molecule has 0 unspecified atom stereocenters. The van der Waals surface area contributed by atoms with E-state index in [2.05, 4.69) is 19.9 Å². The summed E-state index contributed by atoms with van der Waals surface area (Å²) < 4.78 is 36.4. The second-order valence-corrected chi connectivity index (χ2v) is 23.3. The smallest absolute Gasteiger partial charge is 0.316 e. The Morgan fingerprint density at radius 1 is 0.787 bits per heavy atom. The molecule has 424 valence electrons. The van der Waals surface area contributed by atoms with Crippen molar-refractivity contribution in [2.24, 2.45) is 46.8 Å². The molecule has 2 N–H and O–H groups in total. The van der Waals surface area contributed by atoms with E-state index in [9.17, 15) is 39.0 Å². The van der Waals surface area contributed by atoms with Gasteiger partial charge in [0.05, 0.1) is 43.7 Å². The normalized spacial score (nSPS) is 35.9. The molecule has 3 fully saturated rings. The van der Waals surface area contributed by atoms with Gasteiger partial charge in [0.15, 0.2) is 11.6 Å². The lowest BCUT2D eigenvalue weighted by Gasteiger charge is -2.39. The Morgan fingerprint density at radius 3 is 2.12 bits per heavy atom. The minimum Gasteiger partial charge on any atom is -0.459 e. The molecule has 75 heavy (non-hydrogen) atoms. The van der Waals surface area contributed by atoms with Gasteiger partial charge in [-0.15, -0.1) is 0 Å². The summed E-state index contributed by atoms with van der Waals surface area (Å²) in [6.45, 7) is 18.0. The first-order chi connectivity index (χ1) is 35.5. The SMILES string of the molecule is CO[C@H]1C[C@@H]2CC[C@@H](C)[C@@H](O2)C(=O)C(=O)N2CCCC[C@H]2C(=O)C[C@H]([C@H](C)C[C@@H]2CC[C@@H](OC(=O)C(C)(CO)CO)[C@H](OC)C2)CC(=O)[C@H](C)/C=C(\C)[C@@H](OC(C)C)[C@@H](OC)C(=O)[C@H](C)C[C@H](C)/C=C/C=C/C=C/1C. The zero-order valence-electron chi connectivity index (χ0n) is 47.8. The van der Waals surface area contributed by atoms with Gasteiger partial charge in [-0.05, 0) is 140 Å². The van der Waals surface area contributed by atoms with E-state index in [1.165, 1.54) is 18.9 Å². The molecule has 15 heteroatoms. The number of aliphatic hydroxyl groups excluding tert-OH is 2. The third-order valence-electron chi connectivity index (χ3n) is 16.6. The molecule has 15 atom stereocenters. The molecule has 2 saturated heterocycles. The highest BCUT2D eigenvalue weighted by atomic mass is 16.6. The Bertz CT molecular complexity index is 2020. The van der Waals surface area contributed by atoms with Crippen molar-refractivity contribution in [3.63, 3.8) is 0 Å². The van der Waals surface area contributed by atoms with Crippen molar-refractivity contribution < 1.29 is 67.4 Å². The molecule has 0 radical (unpaired) electrons. The van der Waals surface area contributed by atoms with Gasteiger partial charge in [0.1, 0.15) is 35.6 Å². The van der Waals surface area contributed by atoms with E-state index in [0.29, 0.717) is 76.2 Å². The second kappa shape index (κ2) is 30.4. The fourth-order valence-electron chi connectivity index (χ4n) is 11.6. The van der Waals surface area contributed by atoms with Crippen LogP contribution in [0.4, 0.5) is 0 Å². The van der Waals surface area contributed by atoms with Crippen molar-refractivity contribution in [2.45, 2.75) is 208 Å². The van der Waals surface area contributed by atoms with E-state index in [-0.39, 0.29) is 84.6 Å². The molecular formula is C60H95NO14. The maximum Gasteiger partial charge on any atom is 0.316 e. The maximum absolute atomic E-state index is 14.9. The number of methoxy groups -OCH3 is 3. The topological polar surface area (TPSA) is 201 Å². The lowest BCUT2D eigenvalue weighted by molar-refractivity contribution is -0.177. The number of piperidine rings is 1. The van der Waals surface area contributed by atoms with Crippen molar-refractivity contribution in [1.82, 2.24) is 4.90 Å². The fourth-order valence-corrected chi connectivity index (χ4v) is 11.6. The number of Topliss-reactive ketones (excluding diaryl/α,β-unsaturated/α-hetero) is 4. The number of carbonyl (C=O) groups excluding carboxylic acids is 6. The van der Waals surface area contributed by atoms with E-state index in [1.807, 2.05) is 78.8 Å². The molecule has 0 aromatic heterocycles. The third kappa shape index (κ3) is 17.9. The number of ether oxygens (including phenoxy) is 6. The van der Waals surface area contributed by atoms with Gasteiger partial charge >= 0.3 is 5.97 Å². The van der Waals surface area contributed by atoms with Crippen LogP contribution >= 0.6 is 0 Å². The molecule has 0 aromatic rings. The predicted octanol–water partition coefficient (Wildman–Crippen LogP) is 8.50. The summed E-state index contributed by atoms with van der Waals surface area (Å²) in [5.74, 6) is -4.07.